The van der Waals surface area contributed by atoms with Crippen LogP contribution >= 0.6 is 12.6 Å². The van der Waals surface area contributed by atoms with E-state index in [-0.39, 0.29) is 18.7 Å². The first-order valence-electron chi connectivity index (χ1n) is 15.0. The lowest BCUT2D eigenvalue weighted by atomic mass is 9.95. The molecule has 0 spiro atoms. The Kier molecular flexibility index (Phi) is 13.3. The number of hydrogen-bond donors (Lipinski definition) is 3. The van der Waals surface area contributed by atoms with Crippen LogP contribution < -0.4 is 10.6 Å². The van der Waals surface area contributed by atoms with E-state index in [2.05, 4.69) is 23.3 Å². The van der Waals surface area contributed by atoms with Gasteiger partial charge >= 0.3 is 12.1 Å². The zero-order chi connectivity index (χ0) is 33.2. The van der Waals surface area contributed by atoms with E-state index in [0.717, 1.165) is 16.7 Å². The maximum atomic E-state index is 14.3. The standard InChI is InChI=1S/C34H49N3O6S/c1-10-18-37(30(39)27(21-44)36-32(41)43-34(7,8)9)28(25-17-16-22(2)19-23(25)3)29(38)35-26(31(40)42-33(4,5)6)20-24-14-12-11-13-15-24/h11-17,19,26-28,44H,10,18,20-21H2,1-9H3,(H,35,38)(H,36,41). The van der Waals surface area contributed by atoms with Gasteiger partial charge in [-0.05, 0) is 78.5 Å². The lowest BCUT2D eigenvalue weighted by Gasteiger charge is -2.35. The molecule has 0 aliphatic rings. The number of benzene rings is 2. The minimum atomic E-state index is -1.11. The Hall–Kier alpha value is -3.53. The number of alkyl carbamates (subject to hydrolysis) is 1. The highest BCUT2D eigenvalue weighted by Crippen LogP contribution is 2.27. The zero-order valence-corrected chi connectivity index (χ0v) is 28.4. The number of carbonyl (C=O) groups is 4. The summed E-state index contributed by atoms with van der Waals surface area (Å²) in [5, 5.41) is 5.53. The molecular formula is C34H49N3O6S. The number of amides is 3. The monoisotopic (exact) mass is 627 g/mol. The van der Waals surface area contributed by atoms with E-state index < -0.39 is 53.2 Å². The molecule has 3 amide bonds. The van der Waals surface area contributed by atoms with Crippen LogP contribution in [0.4, 0.5) is 4.79 Å². The Bertz CT molecular complexity index is 1290. The average molecular weight is 628 g/mol. The first kappa shape index (κ1) is 36.7. The summed E-state index contributed by atoms with van der Waals surface area (Å²) < 4.78 is 11.1. The predicted octanol–water partition coefficient (Wildman–Crippen LogP) is 5.48. The van der Waals surface area contributed by atoms with Gasteiger partial charge in [-0.3, -0.25) is 9.59 Å². The third-order valence-electron chi connectivity index (χ3n) is 6.49. The minimum Gasteiger partial charge on any atom is -0.458 e. The molecule has 242 valence electrons. The molecule has 0 fully saturated rings. The van der Waals surface area contributed by atoms with Gasteiger partial charge in [0.15, 0.2) is 0 Å². The van der Waals surface area contributed by atoms with Gasteiger partial charge in [-0.2, -0.15) is 12.6 Å². The van der Waals surface area contributed by atoms with Crippen molar-refractivity contribution >= 4 is 36.5 Å². The van der Waals surface area contributed by atoms with E-state index in [4.69, 9.17) is 9.47 Å². The second-order valence-electron chi connectivity index (χ2n) is 13.0. The summed E-state index contributed by atoms with van der Waals surface area (Å²) in [6, 6.07) is 11.8. The first-order valence-corrected chi connectivity index (χ1v) is 15.6. The molecule has 2 aromatic carbocycles. The average Bonchev–Trinajstić information content (AvgIpc) is 2.90. The zero-order valence-electron chi connectivity index (χ0n) is 27.5. The number of carbonyl (C=O) groups excluding carboxylic acids is 4. The summed E-state index contributed by atoms with van der Waals surface area (Å²) in [5.74, 6) is -1.64. The van der Waals surface area contributed by atoms with Gasteiger partial charge in [-0.1, -0.05) is 61.0 Å². The van der Waals surface area contributed by atoms with Crippen LogP contribution in [0.2, 0.25) is 0 Å². The van der Waals surface area contributed by atoms with Crippen LogP contribution in [0.5, 0.6) is 0 Å². The second-order valence-corrected chi connectivity index (χ2v) is 13.3. The summed E-state index contributed by atoms with van der Waals surface area (Å²) in [6.07, 6.45) is -0.0322. The predicted molar refractivity (Wildman–Crippen MR) is 176 cm³/mol. The highest BCUT2D eigenvalue weighted by atomic mass is 32.1. The van der Waals surface area contributed by atoms with E-state index in [1.165, 1.54) is 4.90 Å². The molecular weight excluding hydrogens is 578 g/mol. The van der Waals surface area contributed by atoms with E-state index in [9.17, 15) is 19.2 Å². The number of esters is 1. The van der Waals surface area contributed by atoms with E-state index in [0.29, 0.717) is 12.0 Å². The first-order chi connectivity index (χ1) is 20.5. The summed E-state index contributed by atoms with van der Waals surface area (Å²) in [7, 11) is 0. The number of thiol groups is 1. The van der Waals surface area contributed by atoms with Gasteiger partial charge in [-0.25, -0.2) is 9.59 Å². The lowest BCUT2D eigenvalue weighted by Crippen LogP contribution is -2.55. The summed E-state index contributed by atoms with van der Waals surface area (Å²) in [6.45, 7) is 16.4. The lowest BCUT2D eigenvalue weighted by molar-refractivity contribution is -0.159. The molecule has 44 heavy (non-hydrogen) atoms. The van der Waals surface area contributed by atoms with E-state index in [1.54, 1.807) is 41.5 Å². The van der Waals surface area contributed by atoms with Crippen molar-refractivity contribution in [3.8, 4) is 0 Å². The van der Waals surface area contributed by atoms with Gasteiger partial charge in [0.2, 0.25) is 11.8 Å². The number of hydrogen-bond acceptors (Lipinski definition) is 7. The van der Waals surface area contributed by atoms with Gasteiger partial charge in [-0.15, -0.1) is 0 Å². The highest BCUT2D eigenvalue weighted by molar-refractivity contribution is 7.80. The van der Waals surface area contributed by atoms with Crippen molar-refractivity contribution < 1.29 is 28.7 Å². The highest BCUT2D eigenvalue weighted by Gasteiger charge is 2.38. The largest absolute Gasteiger partial charge is 0.458 e. The molecule has 0 saturated carbocycles. The number of ether oxygens (including phenoxy) is 2. The van der Waals surface area contributed by atoms with Crippen LogP contribution in [0.15, 0.2) is 48.5 Å². The molecule has 2 aromatic rings. The summed E-state index contributed by atoms with van der Waals surface area (Å²) in [5.41, 5.74) is 1.69. The van der Waals surface area contributed by atoms with Crippen molar-refractivity contribution in [1.29, 1.82) is 0 Å². The smallest absolute Gasteiger partial charge is 0.408 e. The molecule has 0 saturated heterocycles. The second kappa shape index (κ2) is 16.0. The molecule has 2 rings (SSSR count). The van der Waals surface area contributed by atoms with E-state index >= 15 is 0 Å². The van der Waals surface area contributed by atoms with Crippen molar-refractivity contribution in [2.75, 3.05) is 12.3 Å². The van der Waals surface area contributed by atoms with Crippen LogP contribution in [0.1, 0.15) is 83.2 Å². The number of rotatable bonds is 12. The number of aryl methyl sites for hydroxylation is 2. The molecule has 10 heteroatoms. The molecule has 9 nitrogen and oxygen atoms in total. The Morgan fingerprint density at radius 3 is 2.00 bits per heavy atom. The van der Waals surface area contributed by atoms with Crippen molar-refractivity contribution in [2.24, 2.45) is 0 Å². The maximum Gasteiger partial charge on any atom is 0.408 e. The fourth-order valence-corrected chi connectivity index (χ4v) is 4.94. The molecule has 3 unspecified atom stereocenters. The van der Waals surface area contributed by atoms with Crippen LogP contribution in [0.3, 0.4) is 0 Å². The molecule has 0 aromatic heterocycles. The van der Waals surface area contributed by atoms with Crippen molar-refractivity contribution in [3.05, 3.63) is 70.8 Å². The SMILES string of the molecule is CCCN(C(=O)C(CS)NC(=O)OC(C)(C)C)C(C(=O)NC(Cc1ccccc1)C(=O)OC(C)(C)C)c1ccc(C)cc1C. The molecule has 3 atom stereocenters. The quantitative estimate of drug-likeness (QED) is 0.212. The molecule has 0 bridgehead atoms. The van der Waals surface area contributed by atoms with Gasteiger partial charge in [0.05, 0.1) is 0 Å². The molecule has 0 aliphatic carbocycles. The number of nitrogens with one attached hydrogen (secondary N) is 2. The molecule has 0 aliphatic heterocycles. The van der Waals surface area contributed by atoms with Crippen molar-refractivity contribution in [2.45, 2.75) is 104 Å². The van der Waals surface area contributed by atoms with Gasteiger partial charge < -0.3 is 25.0 Å². The maximum absolute atomic E-state index is 14.3. The molecule has 0 radical (unpaired) electrons. The normalized spacial score (nSPS) is 13.7. The Morgan fingerprint density at radius 1 is 0.864 bits per heavy atom. The molecule has 0 heterocycles. The van der Waals surface area contributed by atoms with Crippen LogP contribution in [0, 0.1) is 13.8 Å². The number of nitrogens with zero attached hydrogens (tertiary/aromatic N) is 1. The minimum absolute atomic E-state index is 0.0198. The van der Waals surface area contributed by atoms with Crippen LogP contribution in [-0.2, 0) is 30.3 Å². The van der Waals surface area contributed by atoms with Gasteiger partial charge in [0.1, 0.15) is 29.3 Å². The Morgan fingerprint density at radius 2 is 1.48 bits per heavy atom. The van der Waals surface area contributed by atoms with Crippen LogP contribution in [0.25, 0.3) is 0 Å². The third-order valence-corrected chi connectivity index (χ3v) is 6.85. The van der Waals surface area contributed by atoms with Crippen molar-refractivity contribution in [3.63, 3.8) is 0 Å². The topological polar surface area (TPSA) is 114 Å². The van der Waals surface area contributed by atoms with Gasteiger partial charge in [0.25, 0.3) is 0 Å². The summed E-state index contributed by atoms with van der Waals surface area (Å²) >= 11 is 4.34. The van der Waals surface area contributed by atoms with Crippen LogP contribution in [-0.4, -0.2) is 64.4 Å². The van der Waals surface area contributed by atoms with Gasteiger partial charge in [0, 0.05) is 18.7 Å². The van der Waals surface area contributed by atoms with Crippen molar-refractivity contribution in [1.82, 2.24) is 15.5 Å². The molecule has 2 N–H and O–H groups in total. The summed E-state index contributed by atoms with van der Waals surface area (Å²) in [4.78, 5) is 55.9. The Labute approximate surface area is 267 Å². The van der Waals surface area contributed by atoms with E-state index in [1.807, 2.05) is 69.3 Å². The third kappa shape index (κ3) is 11.5. The fourth-order valence-electron chi connectivity index (χ4n) is 4.69. The fraction of sp³-hybridized carbons (Fsp3) is 0.529. The Balaban J connectivity index is 2.57.